The zero-order chi connectivity index (χ0) is 20.8. The van der Waals surface area contributed by atoms with Crippen LogP contribution in [0.5, 0.6) is 0 Å². The van der Waals surface area contributed by atoms with E-state index in [0.717, 1.165) is 31.6 Å². The van der Waals surface area contributed by atoms with Gasteiger partial charge in [-0.05, 0) is 105 Å². The SMILES string of the molecule is C[C@]12CC[C@H]3[C@@H](CCC4=CC(=O)CC[C@@]43C)[C@@H]1CC[C@H]2CC(CCCO)C(=O)O. The third-order valence-electron chi connectivity index (χ3n) is 9.79. The molecule has 0 bridgehead atoms. The predicted molar refractivity (Wildman–Crippen MR) is 112 cm³/mol. The lowest BCUT2D eigenvalue weighted by molar-refractivity contribution is -0.143. The largest absolute Gasteiger partial charge is 0.481 e. The number of hydrogen-bond donors (Lipinski definition) is 2. The summed E-state index contributed by atoms with van der Waals surface area (Å²) in [6.45, 7) is 4.95. The number of carboxylic acid groups (broad SMARTS) is 1. The van der Waals surface area contributed by atoms with Gasteiger partial charge in [-0.15, -0.1) is 0 Å². The summed E-state index contributed by atoms with van der Waals surface area (Å²) in [5.41, 5.74) is 1.89. The highest BCUT2D eigenvalue weighted by Gasteiger charge is 2.59. The van der Waals surface area contributed by atoms with E-state index in [4.69, 9.17) is 5.11 Å². The van der Waals surface area contributed by atoms with Gasteiger partial charge in [0, 0.05) is 13.0 Å². The summed E-state index contributed by atoms with van der Waals surface area (Å²) in [7, 11) is 0. The lowest BCUT2D eigenvalue weighted by Gasteiger charge is -2.58. The molecule has 2 N–H and O–H groups in total. The van der Waals surface area contributed by atoms with Crippen molar-refractivity contribution < 1.29 is 19.8 Å². The van der Waals surface area contributed by atoms with Gasteiger partial charge in [-0.1, -0.05) is 19.4 Å². The highest BCUT2D eigenvalue weighted by molar-refractivity contribution is 5.91. The van der Waals surface area contributed by atoms with Crippen molar-refractivity contribution in [2.75, 3.05) is 6.61 Å². The molecule has 29 heavy (non-hydrogen) atoms. The fourth-order valence-electron chi connectivity index (χ4n) is 8.08. The number of aliphatic hydroxyl groups excluding tert-OH is 1. The van der Waals surface area contributed by atoms with E-state index in [1.807, 2.05) is 6.08 Å². The van der Waals surface area contributed by atoms with Crippen molar-refractivity contribution in [3.05, 3.63) is 11.6 Å². The van der Waals surface area contributed by atoms with E-state index in [-0.39, 0.29) is 23.4 Å². The predicted octanol–water partition coefficient (Wildman–Crippen LogP) is 5.00. The standard InChI is InChI=1S/C25H38O4/c1-24-11-9-19(27)15-18(24)5-7-20-21-8-6-17(25(21,2)12-10-22(20)24)14-16(23(28)29)4-3-13-26/h15-17,20-22,26H,3-14H2,1-2H3,(H,28,29)/t16?,17-,20-,21-,22-,24-,25+/m0/s1. The van der Waals surface area contributed by atoms with E-state index in [1.54, 1.807) is 0 Å². The van der Waals surface area contributed by atoms with Crippen molar-refractivity contribution in [3.63, 3.8) is 0 Å². The topological polar surface area (TPSA) is 74.6 Å². The second-order valence-electron chi connectivity index (χ2n) is 10.9. The summed E-state index contributed by atoms with van der Waals surface area (Å²) in [4.78, 5) is 23.8. The molecule has 0 radical (unpaired) electrons. The summed E-state index contributed by atoms with van der Waals surface area (Å²) < 4.78 is 0. The highest BCUT2D eigenvalue weighted by atomic mass is 16.4. The molecule has 7 atom stereocenters. The molecule has 0 aromatic rings. The minimum Gasteiger partial charge on any atom is -0.481 e. The van der Waals surface area contributed by atoms with E-state index < -0.39 is 5.97 Å². The molecule has 3 saturated carbocycles. The number of rotatable bonds is 6. The molecule has 0 aromatic heterocycles. The molecule has 4 nitrogen and oxygen atoms in total. The van der Waals surface area contributed by atoms with Crippen LogP contribution in [0.15, 0.2) is 11.6 Å². The number of hydrogen-bond acceptors (Lipinski definition) is 3. The lowest BCUT2D eigenvalue weighted by Crippen LogP contribution is -2.50. The second kappa shape index (κ2) is 7.83. The Labute approximate surface area is 175 Å². The van der Waals surface area contributed by atoms with Gasteiger partial charge in [0.25, 0.3) is 0 Å². The number of aliphatic carboxylic acids is 1. The van der Waals surface area contributed by atoms with E-state index in [1.165, 1.54) is 31.3 Å². The first-order chi connectivity index (χ1) is 13.8. The Morgan fingerprint density at radius 3 is 2.66 bits per heavy atom. The molecule has 0 aliphatic heterocycles. The third kappa shape index (κ3) is 3.49. The number of carbonyl (C=O) groups excluding carboxylic acids is 1. The minimum atomic E-state index is -0.689. The third-order valence-corrected chi connectivity index (χ3v) is 9.79. The van der Waals surface area contributed by atoms with Crippen molar-refractivity contribution in [1.29, 1.82) is 0 Å². The Morgan fingerprint density at radius 2 is 1.93 bits per heavy atom. The molecule has 1 unspecified atom stereocenters. The normalized spacial score (nSPS) is 42.4. The molecule has 4 heteroatoms. The van der Waals surface area contributed by atoms with Crippen molar-refractivity contribution in [3.8, 4) is 0 Å². The van der Waals surface area contributed by atoms with Crippen LogP contribution in [0, 0.1) is 40.4 Å². The number of carboxylic acids is 1. The molecule has 0 aromatic carbocycles. The zero-order valence-corrected chi connectivity index (χ0v) is 18.2. The van der Waals surface area contributed by atoms with E-state index >= 15 is 0 Å². The Bertz CT molecular complexity index is 697. The maximum atomic E-state index is 12.0. The fourth-order valence-corrected chi connectivity index (χ4v) is 8.08. The zero-order valence-electron chi connectivity index (χ0n) is 18.2. The Kier molecular flexibility index (Phi) is 5.69. The monoisotopic (exact) mass is 402 g/mol. The van der Waals surface area contributed by atoms with Gasteiger partial charge in [0.15, 0.2) is 5.78 Å². The second-order valence-corrected chi connectivity index (χ2v) is 10.9. The van der Waals surface area contributed by atoms with Gasteiger partial charge in [0.1, 0.15) is 0 Å². The number of fused-ring (bicyclic) bond motifs is 5. The van der Waals surface area contributed by atoms with Crippen LogP contribution in [0.25, 0.3) is 0 Å². The van der Waals surface area contributed by atoms with Gasteiger partial charge in [-0.2, -0.15) is 0 Å². The minimum absolute atomic E-state index is 0.0784. The molecule has 162 valence electrons. The van der Waals surface area contributed by atoms with Crippen molar-refractivity contribution in [1.82, 2.24) is 0 Å². The number of allylic oxidation sites excluding steroid dienone is 1. The van der Waals surface area contributed by atoms with Gasteiger partial charge >= 0.3 is 5.97 Å². The lowest BCUT2D eigenvalue weighted by atomic mass is 9.46. The van der Waals surface area contributed by atoms with E-state index in [9.17, 15) is 14.7 Å². The van der Waals surface area contributed by atoms with Crippen LogP contribution in [-0.4, -0.2) is 28.6 Å². The van der Waals surface area contributed by atoms with Gasteiger partial charge in [-0.3, -0.25) is 9.59 Å². The first-order valence-electron chi connectivity index (χ1n) is 11.9. The number of carbonyl (C=O) groups is 2. The quantitative estimate of drug-likeness (QED) is 0.656. The maximum Gasteiger partial charge on any atom is 0.306 e. The van der Waals surface area contributed by atoms with Gasteiger partial charge < -0.3 is 10.2 Å². The van der Waals surface area contributed by atoms with Gasteiger partial charge in [-0.25, -0.2) is 0 Å². The molecule has 0 heterocycles. The van der Waals surface area contributed by atoms with Crippen LogP contribution < -0.4 is 0 Å². The molecule has 4 aliphatic rings. The summed E-state index contributed by atoms with van der Waals surface area (Å²) in [6, 6.07) is 0. The van der Waals surface area contributed by atoms with Crippen LogP contribution >= 0.6 is 0 Å². The molecular weight excluding hydrogens is 364 g/mol. The summed E-state index contributed by atoms with van der Waals surface area (Å²) >= 11 is 0. The number of ketones is 1. The Morgan fingerprint density at radius 1 is 1.14 bits per heavy atom. The Balaban J connectivity index is 1.52. The average molecular weight is 403 g/mol. The van der Waals surface area contributed by atoms with Crippen molar-refractivity contribution >= 4 is 11.8 Å². The molecule has 4 aliphatic carbocycles. The smallest absolute Gasteiger partial charge is 0.306 e. The fraction of sp³-hybridized carbons (Fsp3) is 0.840. The van der Waals surface area contributed by atoms with Crippen LogP contribution in [-0.2, 0) is 9.59 Å². The molecule has 0 amide bonds. The number of aliphatic hydroxyl groups is 1. The molecular formula is C25H38O4. The maximum absolute atomic E-state index is 12.0. The molecule has 3 fully saturated rings. The van der Waals surface area contributed by atoms with Gasteiger partial charge in [0.2, 0.25) is 0 Å². The summed E-state index contributed by atoms with van der Waals surface area (Å²) in [5, 5.41) is 18.8. The molecule has 4 rings (SSSR count). The van der Waals surface area contributed by atoms with Crippen LogP contribution in [0.2, 0.25) is 0 Å². The summed E-state index contributed by atoms with van der Waals surface area (Å²) in [6.07, 6.45) is 12.8. The van der Waals surface area contributed by atoms with Crippen molar-refractivity contribution in [2.24, 2.45) is 40.4 Å². The summed E-state index contributed by atoms with van der Waals surface area (Å²) in [5.74, 6) is 1.93. The van der Waals surface area contributed by atoms with Crippen LogP contribution in [0.1, 0.15) is 84.5 Å². The Hall–Kier alpha value is -1.16. The van der Waals surface area contributed by atoms with Crippen LogP contribution in [0.4, 0.5) is 0 Å². The van der Waals surface area contributed by atoms with E-state index in [0.29, 0.717) is 42.8 Å². The van der Waals surface area contributed by atoms with Gasteiger partial charge in [0.05, 0.1) is 5.92 Å². The average Bonchev–Trinajstić information content (AvgIpc) is 3.01. The van der Waals surface area contributed by atoms with Crippen LogP contribution in [0.3, 0.4) is 0 Å². The first kappa shape index (κ1) is 21.1. The molecule has 0 spiro atoms. The highest BCUT2D eigenvalue weighted by Crippen LogP contribution is 2.67. The van der Waals surface area contributed by atoms with Crippen molar-refractivity contribution in [2.45, 2.75) is 84.5 Å². The molecule has 0 saturated heterocycles. The first-order valence-corrected chi connectivity index (χ1v) is 11.9. The van der Waals surface area contributed by atoms with E-state index in [2.05, 4.69) is 13.8 Å².